The number of hydrogen-bond donors (Lipinski definition) is 3. The third-order valence-electron chi connectivity index (χ3n) is 6.36. The number of piperidine rings is 1. The molecule has 1 aliphatic carbocycles. The SMILES string of the molecule is CNc1cc(N2CCC(C)(O)CC2)c(C(=O)NC2CCC(C)CC2)cc1[N+](=O)[O-]. The smallest absolute Gasteiger partial charge is 0.293 e. The van der Waals surface area contributed by atoms with Crippen molar-refractivity contribution in [3.8, 4) is 0 Å². The molecule has 1 saturated carbocycles. The molecule has 1 aliphatic heterocycles. The van der Waals surface area contributed by atoms with Crippen molar-refractivity contribution in [1.82, 2.24) is 5.32 Å². The van der Waals surface area contributed by atoms with Crippen molar-refractivity contribution < 1.29 is 14.8 Å². The average Bonchev–Trinajstić information content (AvgIpc) is 2.68. The zero-order valence-electron chi connectivity index (χ0n) is 17.5. The van der Waals surface area contributed by atoms with E-state index in [1.165, 1.54) is 6.07 Å². The molecule has 2 aliphatic rings. The highest BCUT2D eigenvalue weighted by Gasteiger charge is 2.31. The van der Waals surface area contributed by atoms with Crippen LogP contribution in [0.1, 0.15) is 62.7 Å². The second-order valence-corrected chi connectivity index (χ2v) is 8.81. The Kier molecular flexibility index (Phi) is 6.31. The second kappa shape index (κ2) is 8.57. The Hall–Kier alpha value is -2.35. The van der Waals surface area contributed by atoms with Crippen LogP contribution in [0.3, 0.4) is 0 Å². The van der Waals surface area contributed by atoms with Crippen LogP contribution in [-0.4, -0.2) is 47.7 Å². The average molecular weight is 405 g/mol. The molecule has 2 fully saturated rings. The first-order chi connectivity index (χ1) is 13.7. The number of nitrogens with one attached hydrogen (secondary N) is 2. The van der Waals surface area contributed by atoms with Crippen molar-refractivity contribution in [3.63, 3.8) is 0 Å². The normalized spacial score (nSPS) is 24.1. The van der Waals surface area contributed by atoms with Gasteiger partial charge in [-0.1, -0.05) is 6.92 Å². The fourth-order valence-corrected chi connectivity index (χ4v) is 4.27. The number of anilines is 2. The van der Waals surface area contributed by atoms with Crippen LogP contribution in [0.2, 0.25) is 0 Å². The Morgan fingerprint density at radius 1 is 1.24 bits per heavy atom. The van der Waals surface area contributed by atoms with Gasteiger partial charge in [0.15, 0.2) is 0 Å². The Bertz CT molecular complexity index is 762. The maximum Gasteiger partial charge on any atom is 0.293 e. The molecule has 3 N–H and O–H groups in total. The van der Waals surface area contributed by atoms with Crippen LogP contribution in [0, 0.1) is 16.0 Å². The summed E-state index contributed by atoms with van der Waals surface area (Å²) in [5.41, 5.74) is 0.561. The molecule has 3 rings (SSSR count). The van der Waals surface area contributed by atoms with E-state index in [0.717, 1.165) is 25.7 Å². The molecule has 0 radical (unpaired) electrons. The summed E-state index contributed by atoms with van der Waals surface area (Å²) in [6, 6.07) is 3.18. The number of carbonyl (C=O) groups is 1. The molecule has 8 heteroatoms. The monoisotopic (exact) mass is 404 g/mol. The summed E-state index contributed by atoms with van der Waals surface area (Å²) in [6.07, 6.45) is 5.20. The van der Waals surface area contributed by atoms with Crippen LogP contribution < -0.4 is 15.5 Å². The van der Waals surface area contributed by atoms with Gasteiger partial charge in [-0.25, -0.2) is 0 Å². The van der Waals surface area contributed by atoms with E-state index in [-0.39, 0.29) is 17.6 Å². The summed E-state index contributed by atoms with van der Waals surface area (Å²) in [5.74, 6) is 0.415. The minimum absolute atomic E-state index is 0.108. The molecule has 0 atom stereocenters. The maximum atomic E-state index is 13.1. The lowest BCUT2D eigenvalue weighted by atomic mass is 9.87. The van der Waals surface area contributed by atoms with Crippen molar-refractivity contribution in [1.29, 1.82) is 0 Å². The van der Waals surface area contributed by atoms with Gasteiger partial charge in [-0.15, -0.1) is 0 Å². The van der Waals surface area contributed by atoms with Crippen molar-refractivity contribution in [3.05, 3.63) is 27.8 Å². The van der Waals surface area contributed by atoms with Crippen molar-refractivity contribution in [2.45, 2.75) is 64.0 Å². The summed E-state index contributed by atoms with van der Waals surface area (Å²) >= 11 is 0. The van der Waals surface area contributed by atoms with E-state index in [9.17, 15) is 20.0 Å². The largest absolute Gasteiger partial charge is 0.390 e. The highest BCUT2D eigenvalue weighted by molar-refractivity contribution is 6.02. The van der Waals surface area contributed by atoms with Gasteiger partial charge in [0, 0.05) is 32.2 Å². The first-order valence-electron chi connectivity index (χ1n) is 10.5. The number of carbonyl (C=O) groups excluding carboxylic acids is 1. The van der Waals surface area contributed by atoms with Gasteiger partial charge in [-0.05, 0) is 57.4 Å². The second-order valence-electron chi connectivity index (χ2n) is 8.81. The first-order valence-corrected chi connectivity index (χ1v) is 10.5. The van der Waals surface area contributed by atoms with Crippen LogP contribution in [-0.2, 0) is 0 Å². The lowest BCUT2D eigenvalue weighted by Gasteiger charge is -2.38. The fourth-order valence-electron chi connectivity index (χ4n) is 4.27. The summed E-state index contributed by atoms with van der Waals surface area (Å²) in [6.45, 7) is 5.22. The summed E-state index contributed by atoms with van der Waals surface area (Å²) in [4.78, 5) is 26.3. The van der Waals surface area contributed by atoms with Gasteiger partial charge in [0.25, 0.3) is 11.6 Å². The zero-order valence-corrected chi connectivity index (χ0v) is 17.5. The first kappa shape index (κ1) is 21.4. The summed E-state index contributed by atoms with van der Waals surface area (Å²) in [7, 11) is 1.63. The van der Waals surface area contributed by atoms with E-state index in [1.807, 2.05) is 11.8 Å². The molecular formula is C21H32N4O4. The molecule has 8 nitrogen and oxygen atoms in total. The predicted molar refractivity (Wildman–Crippen MR) is 114 cm³/mol. The van der Waals surface area contributed by atoms with Gasteiger partial charge in [0.05, 0.1) is 21.8 Å². The molecule has 1 saturated heterocycles. The standard InChI is InChI=1S/C21H32N4O4/c1-14-4-6-15(7-5-14)23-20(26)16-12-19(25(28)29)17(22-3)13-18(16)24-10-8-21(2,27)9-11-24/h12-15,22,27H,4-11H2,1-3H3,(H,23,26). The van der Waals surface area contributed by atoms with E-state index >= 15 is 0 Å². The van der Waals surface area contributed by atoms with Gasteiger partial charge in [-0.2, -0.15) is 0 Å². The lowest BCUT2D eigenvalue weighted by Crippen LogP contribution is -2.44. The van der Waals surface area contributed by atoms with Crippen LogP contribution in [0.4, 0.5) is 17.1 Å². The number of benzene rings is 1. The minimum atomic E-state index is -0.718. The van der Waals surface area contributed by atoms with Crippen molar-refractivity contribution in [2.24, 2.45) is 5.92 Å². The van der Waals surface area contributed by atoms with E-state index in [0.29, 0.717) is 48.8 Å². The molecular weight excluding hydrogens is 372 g/mol. The summed E-state index contributed by atoms with van der Waals surface area (Å²) < 4.78 is 0. The molecule has 0 bridgehead atoms. The quantitative estimate of drug-likeness (QED) is 0.513. The van der Waals surface area contributed by atoms with Crippen LogP contribution in [0.5, 0.6) is 0 Å². The van der Waals surface area contributed by atoms with E-state index in [4.69, 9.17) is 0 Å². The van der Waals surface area contributed by atoms with Crippen molar-refractivity contribution >= 4 is 23.0 Å². The third-order valence-corrected chi connectivity index (χ3v) is 6.36. The summed E-state index contributed by atoms with van der Waals surface area (Å²) in [5, 5.41) is 27.8. The molecule has 0 unspecified atom stereocenters. The Balaban J connectivity index is 1.91. The predicted octanol–water partition coefficient (Wildman–Crippen LogP) is 3.30. The number of aliphatic hydroxyl groups is 1. The van der Waals surface area contributed by atoms with Gasteiger partial charge >= 0.3 is 0 Å². The van der Waals surface area contributed by atoms with Gasteiger partial charge in [0.2, 0.25) is 0 Å². The highest BCUT2D eigenvalue weighted by Crippen LogP contribution is 2.36. The van der Waals surface area contributed by atoms with Gasteiger partial charge in [-0.3, -0.25) is 14.9 Å². The Morgan fingerprint density at radius 2 is 1.86 bits per heavy atom. The number of hydrogen-bond acceptors (Lipinski definition) is 6. The highest BCUT2D eigenvalue weighted by atomic mass is 16.6. The maximum absolute atomic E-state index is 13.1. The van der Waals surface area contributed by atoms with Crippen molar-refractivity contribution in [2.75, 3.05) is 30.4 Å². The molecule has 0 aromatic heterocycles. The van der Waals surface area contributed by atoms with E-state index in [1.54, 1.807) is 13.1 Å². The lowest BCUT2D eigenvalue weighted by molar-refractivity contribution is -0.384. The molecule has 1 aromatic carbocycles. The van der Waals surface area contributed by atoms with E-state index < -0.39 is 10.5 Å². The molecule has 29 heavy (non-hydrogen) atoms. The van der Waals surface area contributed by atoms with Gasteiger partial charge < -0.3 is 20.6 Å². The topological polar surface area (TPSA) is 108 Å². The van der Waals surface area contributed by atoms with Gasteiger partial charge in [0.1, 0.15) is 5.69 Å². The van der Waals surface area contributed by atoms with Crippen LogP contribution in [0.15, 0.2) is 12.1 Å². The zero-order chi connectivity index (χ0) is 21.2. The van der Waals surface area contributed by atoms with E-state index in [2.05, 4.69) is 17.6 Å². The molecule has 1 amide bonds. The molecule has 160 valence electrons. The number of rotatable bonds is 5. The number of amides is 1. The minimum Gasteiger partial charge on any atom is -0.390 e. The third kappa shape index (κ3) is 4.98. The molecule has 1 aromatic rings. The number of nitro benzene ring substituents is 1. The molecule has 1 heterocycles. The number of nitrogens with zero attached hydrogens (tertiary/aromatic N) is 2. The Labute approximate surface area is 171 Å². The van der Waals surface area contributed by atoms with Crippen LogP contribution in [0.25, 0.3) is 0 Å². The van der Waals surface area contributed by atoms with Crippen LogP contribution >= 0.6 is 0 Å². The fraction of sp³-hybridized carbons (Fsp3) is 0.667. The number of nitro groups is 1. The molecule has 0 spiro atoms. The Morgan fingerprint density at radius 3 is 2.41 bits per heavy atom.